The molecule has 1 aromatic rings. The van der Waals surface area contributed by atoms with Crippen LogP contribution in [-0.2, 0) is 11.2 Å². The molecule has 0 unspecified atom stereocenters. The first-order chi connectivity index (χ1) is 9.47. The maximum atomic E-state index is 11.6. The van der Waals surface area contributed by atoms with Gasteiger partial charge in [0.05, 0.1) is 0 Å². The molecular weight excluding hydrogens is 258 g/mol. The van der Waals surface area contributed by atoms with E-state index in [4.69, 9.17) is 5.11 Å². The molecule has 2 amide bonds. The lowest BCUT2D eigenvalue weighted by molar-refractivity contribution is -0.136. The third-order valence-corrected chi connectivity index (χ3v) is 2.68. The normalized spacial score (nSPS) is 10.3. The van der Waals surface area contributed by atoms with Gasteiger partial charge < -0.3 is 20.6 Å². The van der Waals surface area contributed by atoms with Crippen LogP contribution in [0.3, 0.4) is 0 Å². The molecule has 0 saturated heterocycles. The summed E-state index contributed by atoms with van der Waals surface area (Å²) in [6.45, 7) is 1.36. The van der Waals surface area contributed by atoms with E-state index >= 15 is 0 Å². The number of anilines is 1. The number of carboxylic acids is 1. The van der Waals surface area contributed by atoms with Crippen molar-refractivity contribution < 1.29 is 14.7 Å². The predicted octanol–water partition coefficient (Wildman–Crippen LogP) is 1.39. The van der Waals surface area contributed by atoms with Crippen LogP contribution in [0.15, 0.2) is 24.3 Å². The van der Waals surface area contributed by atoms with Crippen molar-refractivity contribution in [3.8, 4) is 0 Å². The average Bonchev–Trinajstić information content (AvgIpc) is 2.37. The molecule has 6 nitrogen and oxygen atoms in total. The third kappa shape index (κ3) is 6.75. The Morgan fingerprint density at radius 1 is 1.20 bits per heavy atom. The van der Waals surface area contributed by atoms with Gasteiger partial charge in [-0.05, 0) is 38.2 Å². The highest BCUT2D eigenvalue weighted by atomic mass is 16.4. The fraction of sp³-hybridized carbons (Fsp3) is 0.429. The van der Waals surface area contributed by atoms with Crippen LogP contribution in [0.25, 0.3) is 0 Å². The van der Waals surface area contributed by atoms with Crippen LogP contribution in [0.2, 0.25) is 0 Å². The fourth-order valence-corrected chi connectivity index (χ4v) is 1.57. The molecule has 20 heavy (non-hydrogen) atoms. The smallest absolute Gasteiger partial charge is 0.319 e. The number of aryl methyl sites for hydroxylation is 1. The summed E-state index contributed by atoms with van der Waals surface area (Å²) in [5.74, 6) is -0.813. The summed E-state index contributed by atoms with van der Waals surface area (Å²) in [6.07, 6.45) is 0.600. The van der Waals surface area contributed by atoms with E-state index in [-0.39, 0.29) is 12.5 Å². The predicted molar refractivity (Wildman–Crippen MR) is 78.0 cm³/mol. The number of carbonyl (C=O) groups excluding carboxylic acids is 1. The first-order valence-corrected chi connectivity index (χ1v) is 6.47. The number of aliphatic carboxylic acids is 1. The molecule has 3 N–H and O–H groups in total. The number of carbonyl (C=O) groups is 2. The molecule has 0 aliphatic rings. The summed E-state index contributed by atoms with van der Waals surface area (Å²) in [5, 5.41) is 14.1. The summed E-state index contributed by atoms with van der Waals surface area (Å²) in [7, 11) is 3.88. The Hall–Kier alpha value is -2.08. The van der Waals surface area contributed by atoms with E-state index in [0.29, 0.717) is 18.7 Å². The molecule has 110 valence electrons. The topological polar surface area (TPSA) is 81.7 Å². The van der Waals surface area contributed by atoms with Gasteiger partial charge in [0, 0.05) is 25.2 Å². The first-order valence-electron chi connectivity index (χ1n) is 6.47. The van der Waals surface area contributed by atoms with E-state index < -0.39 is 5.97 Å². The SMILES string of the molecule is CN(C)CCNC(=O)Nc1ccc(CCC(=O)O)cc1. The minimum absolute atomic E-state index is 0.109. The Bertz CT molecular complexity index is 443. The molecule has 0 saturated carbocycles. The van der Waals surface area contributed by atoms with E-state index in [9.17, 15) is 9.59 Å². The number of hydrogen-bond donors (Lipinski definition) is 3. The number of likely N-dealkylation sites (N-methyl/N-ethyl adjacent to an activating group) is 1. The van der Waals surface area contributed by atoms with Gasteiger partial charge in [0.25, 0.3) is 0 Å². The molecule has 0 radical (unpaired) electrons. The lowest BCUT2D eigenvalue weighted by Crippen LogP contribution is -2.34. The molecule has 0 fully saturated rings. The van der Waals surface area contributed by atoms with Crippen molar-refractivity contribution in [3.63, 3.8) is 0 Å². The number of carboxylic acid groups (broad SMARTS) is 1. The van der Waals surface area contributed by atoms with Crippen molar-refractivity contribution in [3.05, 3.63) is 29.8 Å². The molecule has 0 aromatic heterocycles. The van der Waals surface area contributed by atoms with Crippen molar-refractivity contribution in [2.24, 2.45) is 0 Å². The average molecular weight is 279 g/mol. The third-order valence-electron chi connectivity index (χ3n) is 2.68. The molecular formula is C14H21N3O3. The molecule has 1 rings (SSSR count). The highest BCUT2D eigenvalue weighted by Crippen LogP contribution is 2.10. The second kappa shape index (κ2) is 8.16. The summed E-state index contributed by atoms with van der Waals surface area (Å²) in [5.41, 5.74) is 1.62. The number of nitrogens with zero attached hydrogens (tertiary/aromatic N) is 1. The molecule has 6 heteroatoms. The monoisotopic (exact) mass is 279 g/mol. The van der Waals surface area contributed by atoms with E-state index in [1.54, 1.807) is 12.1 Å². The van der Waals surface area contributed by atoms with E-state index in [0.717, 1.165) is 12.1 Å². The van der Waals surface area contributed by atoms with E-state index in [1.165, 1.54) is 0 Å². The number of rotatable bonds is 7. The van der Waals surface area contributed by atoms with Crippen molar-refractivity contribution in [2.75, 3.05) is 32.5 Å². The quantitative estimate of drug-likeness (QED) is 0.704. The standard InChI is InChI=1S/C14H21N3O3/c1-17(2)10-9-15-14(20)16-12-6-3-11(4-7-12)5-8-13(18)19/h3-4,6-7H,5,8-10H2,1-2H3,(H,18,19)(H2,15,16,20). The van der Waals surface area contributed by atoms with Crippen LogP contribution in [-0.4, -0.2) is 49.2 Å². The Labute approximate surface area is 118 Å². The van der Waals surface area contributed by atoms with Crippen LogP contribution >= 0.6 is 0 Å². The molecule has 0 heterocycles. The zero-order valence-corrected chi connectivity index (χ0v) is 11.8. The maximum absolute atomic E-state index is 11.6. The highest BCUT2D eigenvalue weighted by molar-refractivity contribution is 5.89. The van der Waals surface area contributed by atoms with Crippen molar-refractivity contribution in [1.29, 1.82) is 0 Å². The Morgan fingerprint density at radius 3 is 2.40 bits per heavy atom. The van der Waals surface area contributed by atoms with Crippen LogP contribution in [0, 0.1) is 0 Å². The number of nitrogens with one attached hydrogen (secondary N) is 2. The van der Waals surface area contributed by atoms with Crippen LogP contribution in [0.4, 0.5) is 10.5 Å². The van der Waals surface area contributed by atoms with Gasteiger partial charge >= 0.3 is 12.0 Å². The summed E-state index contributed by atoms with van der Waals surface area (Å²) < 4.78 is 0. The molecule has 0 aliphatic carbocycles. The van der Waals surface area contributed by atoms with Crippen molar-refractivity contribution >= 4 is 17.7 Å². The fourth-order valence-electron chi connectivity index (χ4n) is 1.57. The highest BCUT2D eigenvalue weighted by Gasteiger charge is 2.02. The van der Waals surface area contributed by atoms with E-state index in [2.05, 4.69) is 10.6 Å². The lowest BCUT2D eigenvalue weighted by Gasteiger charge is -2.11. The second-order valence-electron chi connectivity index (χ2n) is 4.77. The first kappa shape index (κ1) is 16.0. The van der Waals surface area contributed by atoms with Gasteiger partial charge in [0.15, 0.2) is 0 Å². The van der Waals surface area contributed by atoms with Gasteiger partial charge in [0.1, 0.15) is 0 Å². The molecule has 0 aliphatic heterocycles. The van der Waals surface area contributed by atoms with Crippen LogP contribution < -0.4 is 10.6 Å². The zero-order chi connectivity index (χ0) is 15.0. The summed E-state index contributed by atoms with van der Waals surface area (Å²) >= 11 is 0. The van der Waals surface area contributed by atoms with Gasteiger partial charge in [-0.15, -0.1) is 0 Å². The summed E-state index contributed by atoms with van der Waals surface area (Å²) in [6, 6.07) is 6.92. The van der Waals surface area contributed by atoms with Crippen molar-refractivity contribution in [2.45, 2.75) is 12.8 Å². The van der Waals surface area contributed by atoms with Crippen LogP contribution in [0.1, 0.15) is 12.0 Å². The van der Waals surface area contributed by atoms with E-state index in [1.807, 2.05) is 31.1 Å². The Kier molecular flexibility index (Phi) is 6.52. The minimum Gasteiger partial charge on any atom is -0.481 e. The van der Waals surface area contributed by atoms with Gasteiger partial charge in [0.2, 0.25) is 0 Å². The minimum atomic E-state index is -0.813. The summed E-state index contributed by atoms with van der Waals surface area (Å²) in [4.78, 5) is 24.0. The number of amides is 2. The molecule has 1 aromatic carbocycles. The number of benzene rings is 1. The largest absolute Gasteiger partial charge is 0.481 e. The van der Waals surface area contributed by atoms with Gasteiger partial charge in [-0.3, -0.25) is 4.79 Å². The van der Waals surface area contributed by atoms with Gasteiger partial charge in [-0.1, -0.05) is 12.1 Å². The Morgan fingerprint density at radius 2 is 1.85 bits per heavy atom. The van der Waals surface area contributed by atoms with Gasteiger partial charge in [-0.25, -0.2) is 4.79 Å². The Balaban J connectivity index is 2.37. The molecule has 0 atom stereocenters. The van der Waals surface area contributed by atoms with Crippen LogP contribution in [0.5, 0.6) is 0 Å². The van der Waals surface area contributed by atoms with Gasteiger partial charge in [-0.2, -0.15) is 0 Å². The lowest BCUT2D eigenvalue weighted by atomic mass is 10.1. The zero-order valence-electron chi connectivity index (χ0n) is 11.8. The molecule has 0 spiro atoms. The second-order valence-corrected chi connectivity index (χ2v) is 4.77. The molecule has 0 bridgehead atoms. The maximum Gasteiger partial charge on any atom is 0.319 e. The number of urea groups is 1. The van der Waals surface area contributed by atoms with Crippen molar-refractivity contribution in [1.82, 2.24) is 10.2 Å². The number of hydrogen-bond acceptors (Lipinski definition) is 3.